The number of amides is 1. The Labute approximate surface area is 100 Å². The smallest absolute Gasteiger partial charge is 0.408 e. The summed E-state index contributed by atoms with van der Waals surface area (Å²) in [5, 5.41) is 14.6. The average Bonchev–Trinajstić information content (AvgIpc) is 2.20. The monoisotopic (exact) mass is 248 g/mol. The van der Waals surface area contributed by atoms with E-state index in [2.05, 4.69) is 10.4 Å². The molecule has 0 aliphatic carbocycles. The van der Waals surface area contributed by atoms with Crippen molar-refractivity contribution in [1.82, 2.24) is 5.32 Å². The minimum absolute atomic E-state index is 0.174. The van der Waals surface area contributed by atoms with Gasteiger partial charge in [0.2, 0.25) is 0 Å². The lowest BCUT2D eigenvalue weighted by Gasteiger charge is -2.21. The van der Waals surface area contributed by atoms with Gasteiger partial charge in [0.15, 0.2) is 0 Å². The van der Waals surface area contributed by atoms with Crippen LogP contribution in [0.1, 0.15) is 33.6 Å². The summed E-state index contributed by atoms with van der Waals surface area (Å²) in [7, 11) is 0. The third-order valence-corrected chi connectivity index (χ3v) is 1.63. The minimum Gasteiger partial charge on any atom is -0.481 e. The topological polar surface area (TPSA) is 113 Å². The number of carbonyl (C=O) groups is 3. The molecule has 0 aromatic carbocycles. The maximum atomic E-state index is 11.3. The molecule has 3 N–H and O–H groups in total. The largest absolute Gasteiger partial charge is 0.481 e. The molecule has 0 spiro atoms. The molecule has 0 aromatic rings. The predicted molar refractivity (Wildman–Crippen MR) is 57.7 cm³/mol. The standard InChI is InChI=1S/C10H17NO6/c1-10(2,3)17-9(16)11-6(8(14)15)4-5-7(12)13/h6H,4-5H2,1-3H3,(H,11,16)(H,12,13)(H,14,15)/t6-/m0/s1/i/hD. The Hall–Kier alpha value is -1.79. The van der Waals surface area contributed by atoms with Gasteiger partial charge in [0, 0.05) is 6.42 Å². The molecule has 1 amide bonds. The molecule has 0 unspecified atom stereocenters. The summed E-state index contributed by atoms with van der Waals surface area (Å²) in [5.41, 5.74) is -0.743. The molecule has 0 aliphatic rings. The van der Waals surface area contributed by atoms with E-state index in [1.165, 1.54) is 0 Å². The molecule has 0 aliphatic heterocycles. The van der Waals surface area contributed by atoms with Crippen molar-refractivity contribution in [3.8, 4) is 0 Å². The Kier molecular flexibility index (Phi) is 4.74. The molecule has 0 fully saturated rings. The zero-order chi connectivity index (χ0) is 14.3. The fraction of sp³-hybridized carbons (Fsp3) is 0.700. The van der Waals surface area contributed by atoms with E-state index in [1.807, 2.05) is 0 Å². The summed E-state index contributed by atoms with van der Waals surface area (Å²) < 4.78 is 11.2. The van der Waals surface area contributed by atoms with E-state index < -0.39 is 29.7 Å². The van der Waals surface area contributed by atoms with Crippen LogP contribution in [0, 0.1) is 0 Å². The number of carbonyl (C=O) groups excluding carboxylic acids is 1. The van der Waals surface area contributed by atoms with E-state index in [9.17, 15) is 14.4 Å². The Balaban J connectivity index is 4.32. The van der Waals surface area contributed by atoms with Crippen molar-refractivity contribution in [2.45, 2.75) is 45.3 Å². The first-order valence-electron chi connectivity index (χ1n) is 5.45. The van der Waals surface area contributed by atoms with Crippen LogP contribution in [0.2, 0.25) is 0 Å². The Morgan fingerprint density at radius 1 is 1.41 bits per heavy atom. The molecule has 0 saturated carbocycles. The van der Waals surface area contributed by atoms with E-state index in [0.717, 1.165) is 0 Å². The fourth-order valence-corrected chi connectivity index (χ4v) is 0.969. The van der Waals surface area contributed by atoms with Crippen molar-refractivity contribution in [2.24, 2.45) is 0 Å². The lowest BCUT2D eigenvalue weighted by atomic mass is 10.1. The maximum Gasteiger partial charge on any atom is 0.408 e. The molecule has 0 radical (unpaired) electrons. The van der Waals surface area contributed by atoms with Crippen molar-refractivity contribution >= 4 is 18.0 Å². The van der Waals surface area contributed by atoms with Crippen LogP contribution in [0.4, 0.5) is 4.79 Å². The number of carboxylic acids is 2. The SMILES string of the molecule is [2H]OC(=O)CC[C@H](NC(=O)OC(C)(C)C)C(=O)O. The number of carboxylic acid groups (broad SMARTS) is 2. The second kappa shape index (κ2) is 6.07. The van der Waals surface area contributed by atoms with E-state index in [-0.39, 0.29) is 12.8 Å². The number of aliphatic carboxylic acids is 2. The van der Waals surface area contributed by atoms with Gasteiger partial charge in [0.05, 0.1) is 0 Å². The van der Waals surface area contributed by atoms with Gasteiger partial charge in [-0.15, -0.1) is 0 Å². The zero-order valence-electron chi connectivity index (χ0n) is 11.0. The first-order valence-corrected chi connectivity index (χ1v) is 5.04. The quantitative estimate of drug-likeness (QED) is 0.664. The first-order chi connectivity index (χ1) is 8.15. The van der Waals surface area contributed by atoms with Gasteiger partial charge in [-0.05, 0) is 27.2 Å². The van der Waals surface area contributed by atoms with Crippen molar-refractivity contribution in [3.63, 3.8) is 0 Å². The predicted octanol–water partition coefficient (Wildman–Crippen LogP) is 0.829. The van der Waals surface area contributed by atoms with Crippen LogP contribution in [0.25, 0.3) is 1.43 Å². The van der Waals surface area contributed by atoms with Gasteiger partial charge in [-0.3, -0.25) is 4.79 Å². The minimum atomic E-state index is -1.29. The summed E-state index contributed by atoms with van der Waals surface area (Å²) >= 11 is 0. The van der Waals surface area contributed by atoms with Crippen LogP contribution < -0.4 is 5.32 Å². The Morgan fingerprint density at radius 3 is 2.41 bits per heavy atom. The molecule has 17 heavy (non-hydrogen) atoms. The Morgan fingerprint density at radius 2 is 2.00 bits per heavy atom. The molecule has 1 atom stereocenters. The average molecular weight is 248 g/mol. The van der Waals surface area contributed by atoms with Crippen LogP contribution in [0.5, 0.6) is 0 Å². The molecular weight excluding hydrogens is 230 g/mol. The van der Waals surface area contributed by atoms with Crippen molar-refractivity contribution in [2.75, 3.05) is 0 Å². The summed E-state index contributed by atoms with van der Waals surface area (Å²) in [6.07, 6.45) is -1.34. The number of alkyl carbamates (subject to hydrolysis) is 1. The van der Waals surface area contributed by atoms with Gasteiger partial charge in [-0.25, -0.2) is 9.59 Å². The number of rotatable bonds is 5. The summed E-state index contributed by atoms with van der Waals surface area (Å²) in [6, 6.07) is -1.26. The van der Waals surface area contributed by atoms with Crippen molar-refractivity contribution in [1.29, 1.82) is 1.43 Å². The molecule has 0 bridgehead atoms. The third kappa shape index (κ3) is 8.06. The number of nitrogens with one attached hydrogen (secondary N) is 1. The second-order valence-corrected chi connectivity index (χ2v) is 4.45. The third-order valence-electron chi connectivity index (χ3n) is 1.63. The highest BCUT2D eigenvalue weighted by molar-refractivity contribution is 5.80. The highest BCUT2D eigenvalue weighted by Crippen LogP contribution is 2.07. The number of hydrogen-bond acceptors (Lipinski definition) is 5. The summed E-state index contributed by atoms with van der Waals surface area (Å²) in [5.74, 6) is -2.16. The molecule has 0 aromatic heterocycles. The zero-order valence-corrected chi connectivity index (χ0v) is 9.98. The van der Waals surface area contributed by atoms with Gasteiger partial charge in [-0.1, -0.05) is 0 Å². The molecule has 7 heteroatoms. The van der Waals surface area contributed by atoms with Gasteiger partial charge in [0.1, 0.15) is 11.6 Å². The maximum absolute atomic E-state index is 11.3. The first kappa shape index (κ1) is 13.3. The van der Waals surface area contributed by atoms with E-state index in [1.54, 1.807) is 20.8 Å². The summed E-state index contributed by atoms with van der Waals surface area (Å²) in [4.78, 5) is 32.9. The van der Waals surface area contributed by atoms with E-state index in [4.69, 9.17) is 11.3 Å². The molecule has 7 nitrogen and oxygen atoms in total. The number of ether oxygens (including phenoxy) is 1. The van der Waals surface area contributed by atoms with Gasteiger partial charge < -0.3 is 20.3 Å². The van der Waals surface area contributed by atoms with Crippen LogP contribution in [0.15, 0.2) is 0 Å². The van der Waals surface area contributed by atoms with Gasteiger partial charge in [-0.2, -0.15) is 0 Å². The molecule has 98 valence electrons. The molecular formula is C10H17NO6. The van der Waals surface area contributed by atoms with Crippen LogP contribution in [-0.4, -0.2) is 39.9 Å². The second-order valence-electron chi connectivity index (χ2n) is 4.45. The van der Waals surface area contributed by atoms with Gasteiger partial charge >= 0.3 is 18.0 Å². The fourth-order valence-electron chi connectivity index (χ4n) is 0.969. The number of hydrogen-bond donors (Lipinski definition) is 3. The highest BCUT2D eigenvalue weighted by atomic mass is 16.6. The van der Waals surface area contributed by atoms with E-state index in [0.29, 0.717) is 0 Å². The molecule has 0 heterocycles. The van der Waals surface area contributed by atoms with Crippen molar-refractivity contribution < 1.29 is 29.3 Å². The highest BCUT2D eigenvalue weighted by Gasteiger charge is 2.24. The normalized spacial score (nSPS) is 13.2. The van der Waals surface area contributed by atoms with E-state index >= 15 is 0 Å². The molecule has 0 rings (SSSR count). The lowest BCUT2D eigenvalue weighted by molar-refractivity contribution is -0.140. The Bertz CT molecular complexity index is 325. The van der Waals surface area contributed by atoms with Crippen LogP contribution in [-0.2, 0) is 14.3 Å². The molecule has 0 saturated heterocycles. The lowest BCUT2D eigenvalue weighted by Crippen LogP contribution is -2.43. The van der Waals surface area contributed by atoms with Crippen LogP contribution in [0.3, 0.4) is 0 Å². The van der Waals surface area contributed by atoms with Gasteiger partial charge in [0.25, 0.3) is 1.43 Å². The summed E-state index contributed by atoms with van der Waals surface area (Å²) in [6.45, 7) is 4.92. The van der Waals surface area contributed by atoms with Crippen molar-refractivity contribution in [3.05, 3.63) is 0 Å². The van der Waals surface area contributed by atoms with Crippen LogP contribution >= 0.6 is 0 Å².